The number of amides is 1. The number of thiocarbonyl (C=S) groups is 1. The van der Waals surface area contributed by atoms with Crippen molar-refractivity contribution in [1.82, 2.24) is 4.90 Å². The topological polar surface area (TPSA) is 20.3 Å². The molecule has 0 fully saturated rings. The molecule has 1 atom stereocenters. The molecule has 0 aliphatic heterocycles. The molecule has 0 bridgehead atoms. The second-order valence-corrected chi connectivity index (χ2v) is 6.63. The minimum Gasteiger partial charge on any atom is -0.296 e. The van der Waals surface area contributed by atoms with E-state index < -0.39 is 0 Å². The Balaban J connectivity index is 1.93. The summed E-state index contributed by atoms with van der Waals surface area (Å²) < 4.78 is 0. The zero-order chi connectivity index (χ0) is 18.5. The van der Waals surface area contributed by atoms with Crippen molar-refractivity contribution < 1.29 is 4.79 Å². The average molecular weight is 359 g/mol. The molecule has 0 spiro atoms. The molecule has 1 amide bonds. The van der Waals surface area contributed by atoms with Gasteiger partial charge in [0.25, 0.3) is 0 Å². The van der Waals surface area contributed by atoms with Gasteiger partial charge in [-0.05, 0) is 34.9 Å². The van der Waals surface area contributed by atoms with Crippen LogP contribution in [0.1, 0.15) is 31.0 Å². The third-order valence-corrected chi connectivity index (χ3v) is 4.79. The fraction of sp³-hybridized carbons (Fsp3) is 0.130. The van der Waals surface area contributed by atoms with Crippen LogP contribution in [-0.2, 0) is 4.79 Å². The molecular weight excluding hydrogens is 338 g/mol. The van der Waals surface area contributed by atoms with Gasteiger partial charge in [0.1, 0.15) is 4.99 Å². The number of carbonyl (C=O) groups excluding carboxylic acids is 1. The van der Waals surface area contributed by atoms with Crippen LogP contribution in [0.2, 0.25) is 0 Å². The Morgan fingerprint density at radius 3 is 2.35 bits per heavy atom. The highest BCUT2D eigenvalue weighted by molar-refractivity contribution is 7.80. The number of rotatable bonds is 4. The van der Waals surface area contributed by atoms with E-state index in [0.717, 1.165) is 21.9 Å². The van der Waals surface area contributed by atoms with Crippen molar-refractivity contribution in [3.05, 3.63) is 90.0 Å². The first-order valence-electron chi connectivity index (χ1n) is 8.62. The Morgan fingerprint density at radius 1 is 0.962 bits per heavy atom. The van der Waals surface area contributed by atoms with E-state index in [1.54, 1.807) is 11.8 Å². The van der Waals surface area contributed by atoms with Crippen LogP contribution in [0, 0.1) is 0 Å². The van der Waals surface area contributed by atoms with Crippen LogP contribution in [0.15, 0.2) is 78.9 Å². The largest absolute Gasteiger partial charge is 0.296 e. The van der Waals surface area contributed by atoms with Crippen LogP contribution in [-0.4, -0.2) is 15.8 Å². The standard InChI is InChI=1S/C23H21NOS/c1-17(21-14-8-12-20-11-6-7-13-22(20)21)24(18(2)25)23(26)16-15-19-9-4-3-5-10-19/h3-17H,1-2H3/b16-15+/t17-/m0/s1. The van der Waals surface area contributed by atoms with Gasteiger partial charge in [-0.25, -0.2) is 0 Å². The van der Waals surface area contributed by atoms with Gasteiger partial charge in [-0.2, -0.15) is 0 Å². The predicted molar refractivity (Wildman–Crippen MR) is 113 cm³/mol. The molecule has 130 valence electrons. The number of nitrogens with zero attached hydrogens (tertiary/aromatic N) is 1. The number of carbonyl (C=O) groups is 1. The van der Waals surface area contributed by atoms with Gasteiger partial charge in [-0.15, -0.1) is 0 Å². The molecule has 0 aliphatic rings. The van der Waals surface area contributed by atoms with Gasteiger partial charge in [-0.3, -0.25) is 9.69 Å². The Bertz CT molecular complexity index is 957. The lowest BCUT2D eigenvalue weighted by molar-refractivity contribution is -0.126. The van der Waals surface area contributed by atoms with Crippen LogP contribution < -0.4 is 0 Å². The van der Waals surface area contributed by atoms with E-state index in [0.29, 0.717) is 4.99 Å². The fourth-order valence-electron chi connectivity index (χ4n) is 3.18. The second kappa shape index (κ2) is 8.07. The third-order valence-electron chi connectivity index (χ3n) is 4.46. The Labute approximate surface area is 159 Å². The summed E-state index contributed by atoms with van der Waals surface area (Å²) in [6.45, 7) is 3.58. The highest BCUT2D eigenvalue weighted by Crippen LogP contribution is 2.29. The molecule has 0 saturated carbocycles. The molecule has 0 radical (unpaired) electrons. The fourth-order valence-corrected chi connectivity index (χ4v) is 3.54. The average Bonchev–Trinajstić information content (AvgIpc) is 2.66. The zero-order valence-corrected chi connectivity index (χ0v) is 15.7. The molecule has 0 saturated heterocycles. The molecule has 3 heteroatoms. The second-order valence-electron chi connectivity index (χ2n) is 6.22. The summed E-state index contributed by atoms with van der Waals surface area (Å²) in [5, 5.41) is 2.30. The predicted octanol–water partition coefficient (Wildman–Crippen LogP) is 5.79. The van der Waals surface area contributed by atoms with Gasteiger partial charge in [0.2, 0.25) is 5.91 Å². The van der Waals surface area contributed by atoms with E-state index in [4.69, 9.17) is 12.2 Å². The van der Waals surface area contributed by atoms with Crippen molar-refractivity contribution >= 4 is 40.0 Å². The summed E-state index contributed by atoms with van der Waals surface area (Å²) in [6.07, 6.45) is 3.77. The van der Waals surface area contributed by atoms with Gasteiger partial charge >= 0.3 is 0 Å². The maximum atomic E-state index is 12.4. The summed E-state index contributed by atoms with van der Waals surface area (Å²) in [6, 6.07) is 24.2. The Morgan fingerprint density at radius 2 is 1.62 bits per heavy atom. The molecular formula is C23H21NOS. The quantitative estimate of drug-likeness (QED) is 0.434. The first-order chi connectivity index (χ1) is 12.6. The molecule has 3 aromatic rings. The highest BCUT2D eigenvalue weighted by atomic mass is 32.1. The number of benzene rings is 3. The molecule has 26 heavy (non-hydrogen) atoms. The van der Waals surface area contributed by atoms with E-state index in [-0.39, 0.29) is 11.9 Å². The van der Waals surface area contributed by atoms with E-state index in [1.165, 1.54) is 0 Å². The molecule has 3 aromatic carbocycles. The smallest absolute Gasteiger partial charge is 0.225 e. The van der Waals surface area contributed by atoms with Crippen molar-refractivity contribution in [1.29, 1.82) is 0 Å². The number of hydrogen-bond acceptors (Lipinski definition) is 2. The van der Waals surface area contributed by atoms with E-state index in [1.807, 2.05) is 67.6 Å². The lowest BCUT2D eigenvalue weighted by Crippen LogP contribution is -2.35. The SMILES string of the molecule is CC(=O)N(C(=S)/C=C/c1ccccc1)[C@@H](C)c1cccc2ccccc12. The summed E-state index contributed by atoms with van der Waals surface area (Å²) in [7, 11) is 0. The molecule has 0 heterocycles. The van der Waals surface area contributed by atoms with Crippen molar-refractivity contribution in [2.24, 2.45) is 0 Å². The third kappa shape index (κ3) is 3.89. The number of fused-ring (bicyclic) bond motifs is 1. The van der Waals surface area contributed by atoms with E-state index in [2.05, 4.69) is 24.3 Å². The zero-order valence-electron chi connectivity index (χ0n) is 14.9. The number of hydrogen-bond donors (Lipinski definition) is 0. The van der Waals surface area contributed by atoms with Gasteiger partial charge in [0, 0.05) is 6.92 Å². The van der Waals surface area contributed by atoms with Crippen LogP contribution in [0.3, 0.4) is 0 Å². The van der Waals surface area contributed by atoms with Gasteiger partial charge < -0.3 is 0 Å². The summed E-state index contributed by atoms with van der Waals surface area (Å²) in [4.78, 5) is 14.5. The lowest BCUT2D eigenvalue weighted by atomic mass is 9.98. The maximum Gasteiger partial charge on any atom is 0.225 e. The molecule has 0 aromatic heterocycles. The van der Waals surface area contributed by atoms with Crippen molar-refractivity contribution in [3.8, 4) is 0 Å². The molecule has 0 aliphatic carbocycles. The van der Waals surface area contributed by atoms with Gasteiger partial charge in [-0.1, -0.05) is 91.1 Å². The van der Waals surface area contributed by atoms with Crippen LogP contribution in [0.5, 0.6) is 0 Å². The van der Waals surface area contributed by atoms with Gasteiger partial charge in [0.05, 0.1) is 6.04 Å². The minimum absolute atomic E-state index is 0.0619. The van der Waals surface area contributed by atoms with Gasteiger partial charge in [0.15, 0.2) is 0 Å². The van der Waals surface area contributed by atoms with Crippen molar-refractivity contribution in [3.63, 3.8) is 0 Å². The molecule has 0 unspecified atom stereocenters. The first-order valence-corrected chi connectivity index (χ1v) is 9.03. The summed E-state index contributed by atoms with van der Waals surface area (Å²) in [5.41, 5.74) is 2.14. The minimum atomic E-state index is -0.147. The monoisotopic (exact) mass is 359 g/mol. The van der Waals surface area contributed by atoms with E-state index >= 15 is 0 Å². The first kappa shape index (κ1) is 18.0. The Hall–Kier alpha value is -2.78. The lowest BCUT2D eigenvalue weighted by Gasteiger charge is -2.28. The Kier molecular flexibility index (Phi) is 5.59. The molecule has 0 N–H and O–H groups in total. The normalized spacial score (nSPS) is 12.2. The van der Waals surface area contributed by atoms with E-state index in [9.17, 15) is 4.79 Å². The summed E-state index contributed by atoms with van der Waals surface area (Å²) >= 11 is 5.57. The van der Waals surface area contributed by atoms with Crippen LogP contribution in [0.25, 0.3) is 16.8 Å². The summed E-state index contributed by atoms with van der Waals surface area (Å²) in [5.74, 6) is -0.0619. The van der Waals surface area contributed by atoms with Crippen molar-refractivity contribution in [2.45, 2.75) is 19.9 Å². The van der Waals surface area contributed by atoms with Crippen molar-refractivity contribution in [2.75, 3.05) is 0 Å². The maximum absolute atomic E-state index is 12.4. The highest BCUT2D eigenvalue weighted by Gasteiger charge is 2.22. The molecule has 3 rings (SSSR count). The van der Waals surface area contributed by atoms with Crippen LogP contribution in [0.4, 0.5) is 0 Å². The van der Waals surface area contributed by atoms with Crippen LogP contribution >= 0.6 is 12.2 Å². The molecule has 2 nitrogen and oxygen atoms in total.